The van der Waals surface area contributed by atoms with Crippen LogP contribution in [0.15, 0.2) is 152 Å². The van der Waals surface area contributed by atoms with Crippen LogP contribution in [0.4, 0.5) is 0 Å². The number of hydrogen-bond acceptors (Lipinski definition) is 3. The fourth-order valence-electron chi connectivity index (χ4n) is 7.47. The molecule has 7 aromatic carbocycles. The maximum atomic E-state index is 10.5. The third-order valence-corrected chi connectivity index (χ3v) is 9.64. The molecule has 0 atom stereocenters. The number of fused-ring (bicyclic) bond motifs is 6. The second kappa shape index (κ2) is 11.4. The fourth-order valence-corrected chi connectivity index (χ4v) is 7.47. The van der Waals surface area contributed by atoms with Crippen LogP contribution in [0, 0.1) is 34.0 Å². The van der Waals surface area contributed by atoms with Gasteiger partial charge in [0.15, 0.2) is 0 Å². The third kappa shape index (κ3) is 4.31. The van der Waals surface area contributed by atoms with Crippen LogP contribution in [0.3, 0.4) is 0 Å². The molecule has 0 unspecified atom stereocenters. The maximum Gasteiger partial charge on any atom is 0.0998 e. The van der Waals surface area contributed by atoms with Crippen molar-refractivity contribution in [2.24, 2.45) is 0 Å². The van der Waals surface area contributed by atoms with Gasteiger partial charge in [-0.25, -0.2) is 0 Å². The highest BCUT2D eigenvalue weighted by Crippen LogP contribution is 2.42. The van der Waals surface area contributed by atoms with Crippen LogP contribution in [0.25, 0.3) is 77.2 Å². The van der Waals surface area contributed by atoms with Gasteiger partial charge in [-0.15, -0.1) is 0 Å². The largest absolute Gasteiger partial charge is 0.309 e. The Morgan fingerprint density at radius 1 is 0.400 bits per heavy atom. The van der Waals surface area contributed by atoms with Gasteiger partial charge in [-0.3, -0.25) is 0 Å². The van der Waals surface area contributed by atoms with Gasteiger partial charge in [0.05, 0.1) is 62.7 Å². The summed E-state index contributed by atoms with van der Waals surface area (Å²) < 4.78 is 4.46. The molecule has 0 N–H and O–H groups in total. The molecule has 9 aromatic rings. The fraction of sp³-hybridized carbons (Fsp3) is 0. The van der Waals surface area contributed by atoms with E-state index in [2.05, 4.69) is 100 Å². The second-order valence-corrected chi connectivity index (χ2v) is 12.3. The Bertz CT molecular complexity index is 2900. The number of para-hydroxylation sites is 3. The third-order valence-electron chi connectivity index (χ3n) is 9.64. The minimum absolute atomic E-state index is 0.518. The molecule has 2 heterocycles. The van der Waals surface area contributed by atoms with Crippen LogP contribution in [-0.4, -0.2) is 9.13 Å². The van der Waals surface area contributed by atoms with E-state index in [9.17, 15) is 15.8 Å². The standard InChI is InChI=1S/C45H25N5/c46-26-29-16-22-43-38(24-29)37-11-3-4-13-40(37)49(43)33-20-18-31(19-21-33)34-12-7-8-32(28-48)45(34)39-25-30(27-47)17-23-44(39)50-41-14-5-1-9-35(41)36-10-2-6-15-42(36)50/h1-25H. The Morgan fingerprint density at radius 2 is 0.960 bits per heavy atom. The number of rotatable bonds is 4. The first-order valence-corrected chi connectivity index (χ1v) is 16.3. The van der Waals surface area contributed by atoms with Crippen molar-refractivity contribution < 1.29 is 0 Å². The van der Waals surface area contributed by atoms with Crippen molar-refractivity contribution in [2.45, 2.75) is 0 Å². The lowest BCUT2D eigenvalue weighted by Gasteiger charge is -2.19. The van der Waals surface area contributed by atoms with Crippen molar-refractivity contribution in [2.75, 3.05) is 0 Å². The van der Waals surface area contributed by atoms with Crippen LogP contribution < -0.4 is 0 Å². The van der Waals surface area contributed by atoms with E-state index in [4.69, 9.17) is 0 Å². The topological polar surface area (TPSA) is 81.2 Å². The molecule has 0 amide bonds. The van der Waals surface area contributed by atoms with Crippen molar-refractivity contribution in [1.29, 1.82) is 15.8 Å². The molecule has 2 aromatic heterocycles. The average molecular weight is 636 g/mol. The summed E-state index contributed by atoms with van der Waals surface area (Å²) in [5.74, 6) is 0. The maximum absolute atomic E-state index is 10.5. The van der Waals surface area contributed by atoms with E-state index in [1.165, 1.54) is 0 Å². The smallest absolute Gasteiger partial charge is 0.0998 e. The van der Waals surface area contributed by atoms with Crippen LogP contribution in [0.2, 0.25) is 0 Å². The van der Waals surface area contributed by atoms with Crippen LogP contribution in [0.5, 0.6) is 0 Å². The molecule has 9 rings (SSSR count). The number of hydrogen-bond donors (Lipinski definition) is 0. The highest BCUT2D eigenvalue weighted by molar-refractivity contribution is 6.11. The Kier molecular flexibility index (Phi) is 6.56. The lowest BCUT2D eigenvalue weighted by Crippen LogP contribution is -2.00. The van der Waals surface area contributed by atoms with Crippen molar-refractivity contribution in [3.05, 3.63) is 168 Å². The molecule has 0 radical (unpaired) electrons. The SMILES string of the molecule is N#Cc1ccc(-n2c3ccccc3c3ccccc32)c(-c2c(C#N)cccc2-c2ccc(-n3c4ccccc4c4cc(C#N)ccc43)cc2)c1. The van der Waals surface area contributed by atoms with E-state index in [1.54, 1.807) is 0 Å². The summed E-state index contributed by atoms with van der Waals surface area (Å²) in [5.41, 5.74) is 11.2. The summed E-state index contributed by atoms with van der Waals surface area (Å²) in [7, 11) is 0. The molecule has 230 valence electrons. The van der Waals surface area contributed by atoms with Crippen LogP contribution >= 0.6 is 0 Å². The predicted molar refractivity (Wildman–Crippen MR) is 200 cm³/mol. The quantitative estimate of drug-likeness (QED) is 0.193. The summed E-state index contributed by atoms with van der Waals surface area (Å²) in [6.07, 6.45) is 0. The molecule has 0 fully saturated rings. The molecular formula is C45H25N5. The summed E-state index contributed by atoms with van der Waals surface area (Å²) in [6.45, 7) is 0. The van der Waals surface area contributed by atoms with Gasteiger partial charge < -0.3 is 9.13 Å². The van der Waals surface area contributed by atoms with Gasteiger partial charge in [-0.1, -0.05) is 78.9 Å². The highest BCUT2D eigenvalue weighted by Gasteiger charge is 2.21. The minimum atomic E-state index is 0.518. The van der Waals surface area contributed by atoms with E-state index >= 15 is 0 Å². The molecule has 0 saturated carbocycles. The van der Waals surface area contributed by atoms with Crippen LogP contribution in [-0.2, 0) is 0 Å². The molecule has 0 spiro atoms. The number of nitrogens with zero attached hydrogens (tertiary/aromatic N) is 5. The van der Waals surface area contributed by atoms with Crippen molar-refractivity contribution in [3.63, 3.8) is 0 Å². The van der Waals surface area contributed by atoms with Crippen LogP contribution in [0.1, 0.15) is 16.7 Å². The molecule has 0 aliphatic carbocycles. The number of aromatic nitrogens is 2. The lowest BCUT2D eigenvalue weighted by atomic mass is 9.89. The number of benzene rings is 7. The first-order chi connectivity index (χ1) is 24.7. The molecule has 5 nitrogen and oxygen atoms in total. The Morgan fingerprint density at radius 3 is 1.60 bits per heavy atom. The molecule has 50 heavy (non-hydrogen) atoms. The van der Waals surface area contributed by atoms with Gasteiger partial charge in [-0.05, 0) is 83.9 Å². The molecule has 0 aliphatic rings. The normalized spacial score (nSPS) is 11.1. The van der Waals surface area contributed by atoms with Gasteiger partial charge in [-0.2, -0.15) is 15.8 Å². The lowest BCUT2D eigenvalue weighted by molar-refractivity contribution is 1.18. The summed E-state index contributed by atoms with van der Waals surface area (Å²) in [6, 6.07) is 57.7. The van der Waals surface area contributed by atoms with Gasteiger partial charge in [0.25, 0.3) is 0 Å². The summed E-state index contributed by atoms with van der Waals surface area (Å²) >= 11 is 0. The van der Waals surface area contributed by atoms with Gasteiger partial charge >= 0.3 is 0 Å². The molecule has 5 heteroatoms. The van der Waals surface area contributed by atoms with E-state index in [0.29, 0.717) is 16.7 Å². The van der Waals surface area contributed by atoms with E-state index in [-0.39, 0.29) is 0 Å². The zero-order chi connectivity index (χ0) is 33.8. The Labute approximate surface area is 287 Å². The average Bonchev–Trinajstić information content (AvgIpc) is 3.70. The first-order valence-electron chi connectivity index (χ1n) is 16.3. The van der Waals surface area contributed by atoms with Crippen molar-refractivity contribution >= 4 is 43.6 Å². The molecule has 0 bridgehead atoms. The zero-order valence-electron chi connectivity index (χ0n) is 26.7. The van der Waals surface area contributed by atoms with Gasteiger partial charge in [0.1, 0.15) is 0 Å². The van der Waals surface area contributed by atoms with E-state index < -0.39 is 0 Å². The monoisotopic (exact) mass is 635 g/mol. The number of nitriles is 3. The second-order valence-electron chi connectivity index (χ2n) is 12.3. The minimum Gasteiger partial charge on any atom is -0.309 e. The summed E-state index contributed by atoms with van der Waals surface area (Å²) in [5, 5.41) is 34.5. The zero-order valence-corrected chi connectivity index (χ0v) is 26.7. The first kappa shape index (κ1) is 28.8. The highest BCUT2D eigenvalue weighted by atomic mass is 15.0. The molecular weight excluding hydrogens is 611 g/mol. The van der Waals surface area contributed by atoms with Gasteiger partial charge in [0, 0.05) is 38.4 Å². The predicted octanol–water partition coefficient (Wildman–Crippen LogP) is 10.8. The van der Waals surface area contributed by atoms with Crippen molar-refractivity contribution in [1.82, 2.24) is 9.13 Å². The van der Waals surface area contributed by atoms with Crippen molar-refractivity contribution in [3.8, 4) is 51.8 Å². The van der Waals surface area contributed by atoms with Gasteiger partial charge in [0.2, 0.25) is 0 Å². The van der Waals surface area contributed by atoms with E-state index in [1.807, 2.05) is 78.9 Å². The molecule has 0 aliphatic heterocycles. The Balaban J connectivity index is 1.26. The Hall–Kier alpha value is -7.39. The molecule has 0 saturated heterocycles. The van der Waals surface area contributed by atoms with E-state index in [0.717, 1.165) is 77.2 Å². The summed E-state index contributed by atoms with van der Waals surface area (Å²) in [4.78, 5) is 0.